The number of benzene rings is 1. The van der Waals surface area contributed by atoms with E-state index in [1.165, 1.54) is 5.56 Å². The first-order valence-electron chi connectivity index (χ1n) is 7.55. The number of amides is 1. The van der Waals surface area contributed by atoms with Crippen LogP contribution in [0.3, 0.4) is 0 Å². The van der Waals surface area contributed by atoms with Crippen LogP contribution in [0.25, 0.3) is 0 Å². The largest absolute Gasteiger partial charge is 0.497 e. The number of ether oxygens (including phenoxy) is 2. The van der Waals surface area contributed by atoms with Gasteiger partial charge in [-0.3, -0.25) is 4.79 Å². The van der Waals surface area contributed by atoms with Crippen LogP contribution in [-0.4, -0.2) is 50.3 Å². The highest BCUT2D eigenvalue weighted by molar-refractivity contribution is 5.83. The summed E-state index contributed by atoms with van der Waals surface area (Å²) >= 11 is 0. The molecule has 3 rings (SSSR count). The maximum Gasteiger partial charge on any atom is 0.242 e. The van der Waals surface area contributed by atoms with Crippen molar-refractivity contribution in [3.05, 3.63) is 29.8 Å². The van der Waals surface area contributed by atoms with Crippen molar-refractivity contribution in [2.45, 2.75) is 24.9 Å². The first kappa shape index (κ1) is 14.4. The fraction of sp³-hybridized carbons (Fsp3) is 0.562. The number of likely N-dealkylation sites (tertiary alicyclic amines) is 1. The number of hydrogen-bond donors (Lipinski definition) is 1. The van der Waals surface area contributed by atoms with E-state index in [2.05, 4.69) is 17.4 Å². The molecule has 0 spiro atoms. The molecule has 1 aromatic carbocycles. The summed E-state index contributed by atoms with van der Waals surface area (Å²) < 4.78 is 10.6. The first-order chi connectivity index (χ1) is 10.3. The van der Waals surface area contributed by atoms with Crippen molar-refractivity contribution < 1.29 is 14.3 Å². The molecule has 1 amide bonds. The molecular weight excluding hydrogens is 268 g/mol. The minimum absolute atomic E-state index is 0.160. The normalized spacial score (nSPS) is 25.9. The SMILES string of the molecule is COc1ccc(C2CCCN2C(=O)C2COCCN2)cc1. The van der Waals surface area contributed by atoms with Gasteiger partial charge >= 0.3 is 0 Å². The Morgan fingerprint density at radius 3 is 2.86 bits per heavy atom. The third-order valence-electron chi connectivity index (χ3n) is 4.26. The van der Waals surface area contributed by atoms with Gasteiger partial charge in [0.15, 0.2) is 0 Å². The van der Waals surface area contributed by atoms with Crippen molar-refractivity contribution in [3.63, 3.8) is 0 Å². The van der Waals surface area contributed by atoms with Crippen LogP contribution in [0.4, 0.5) is 0 Å². The van der Waals surface area contributed by atoms with Crippen LogP contribution in [0, 0.1) is 0 Å². The molecule has 114 valence electrons. The molecule has 0 aromatic heterocycles. The van der Waals surface area contributed by atoms with Crippen LogP contribution in [0.15, 0.2) is 24.3 Å². The van der Waals surface area contributed by atoms with Gasteiger partial charge in [0.25, 0.3) is 0 Å². The van der Waals surface area contributed by atoms with Gasteiger partial charge in [-0.25, -0.2) is 0 Å². The molecule has 0 radical (unpaired) electrons. The van der Waals surface area contributed by atoms with Crippen LogP contribution < -0.4 is 10.1 Å². The van der Waals surface area contributed by atoms with Gasteiger partial charge in [0.05, 0.1) is 26.4 Å². The monoisotopic (exact) mass is 290 g/mol. The van der Waals surface area contributed by atoms with Gasteiger partial charge < -0.3 is 19.7 Å². The van der Waals surface area contributed by atoms with Crippen molar-refractivity contribution in [2.75, 3.05) is 33.4 Å². The summed E-state index contributed by atoms with van der Waals surface area (Å²) in [4.78, 5) is 14.7. The molecule has 0 saturated carbocycles. The highest BCUT2D eigenvalue weighted by atomic mass is 16.5. The summed E-state index contributed by atoms with van der Waals surface area (Å²) in [5.41, 5.74) is 1.18. The quantitative estimate of drug-likeness (QED) is 0.913. The molecule has 0 aliphatic carbocycles. The van der Waals surface area contributed by atoms with E-state index in [1.807, 2.05) is 17.0 Å². The number of methoxy groups -OCH3 is 1. The number of nitrogens with zero attached hydrogens (tertiary/aromatic N) is 1. The van der Waals surface area contributed by atoms with Crippen molar-refractivity contribution >= 4 is 5.91 Å². The molecule has 5 nitrogen and oxygen atoms in total. The molecule has 1 aromatic rings. The van der Waals surface area contributed by atoms with Gasteiger partial charge in [0.2, 0.25) is 5.91 Å². The average Bonchev–Trinajstić information content (AvgIpc) is 3.04. The Kier molecular flexibility index (Phi) is 4.41. The van der Waals surface area contributed by atoms with Crippen LogP contribution in [0.1, 0.15) is 24.4 Å². The topological polar surface area (TPSA) is 50.8 Å². The lowest BCUT2D eigenvalue weighted by molar-refractivity contribution is -0.137. The molecule has 2 saturated heterocycles. The van der Waals surface area contributed by atoms with Crippen molar-refractivity contribution in [3.8, 4) is 5.75 Å². The molecule has 2 unspecified atom stereocenters. The molecule has 2 aliphatic heterocycles. The lowest BCUT2D eigenvalue weighted by Gasteiger charge is -2.31. The zero-order valence-corrected chi connectivity index (χ0v) is 12.4. The van der Waals surface area contributed by atoms with Crippen LogP contribution >= 0.6 is 0 Å². The third-order valence-corrected chi connectivity index (χ3v) is 4.26. The summed E-state index contributed by atoms with van der Waals surface area (Å²) in [6.45, 7) is 2.74. The molecule has 2 aliphatic rings. The van der Waals surface area contributed by atoms with E-state index in [9.17, 15) is 4.79 Å². The second-order valence-corrected chi connectivity index (χ2v) is 5.54. The standard InChI is InChI=1S/C16H22N2O3/c1-20-13-6-4-12(5-7-13)15-3-2-9-18(15)16(19)14-11-21-10-8-17-14/h4-7,14-15,17H,2-3,8-11H2,1H3. The lowest BCUT2D eigenvalue weighted by Crippen LogP contribution is -2.52. The summed E-state index contributed by atoms with van der Waals surface area (Å²) in [5, 5.41) is 3.25. The van der Waals surface area contributed by atoms with Crippen molar-refractivity contribution in [2.24, 2.45) is 0 Å². The Balaban J connectivity index is 1.73. The summed E-state index contributed by atoms with van der Waals surface area (Å²) in [6, 6.07) is 8.00. The third kappa shape index (κ3) is 3.04. The maximum absolute atomic E-state index is 12.7. The van der Waals surface area contributed by atoms with Crippen LogP contribution in [0.2, 0.25) is 0 Å². The fourth-order valence-corrected chi connectivity index (χ4v) is 3.13. The minimum atomic E-state index is -0.197. The average molecular weight is 290 g/mol. The van der Waals surface area contributed by atoms with E-state index in [4.69, 9.17) is 9.47 Å². The lowest BCUT2D eigenvalue weighted by atomic mass is 10.0. The van der Waals surface area contributed by atoms with Gasteiger partial charge in [-0.05, 0) is 30.5 Å². The molecule has 5 heteroatoms. The Hall–Kier alpha value is -1.59. The Bertz CT molecular complexity index is 483. The predicted molar refractivity (Wildman–Crippen MR) is 79.3 cm³/mol. The molecule has 0 bridgehead atoms. The van der Waals surface area contributed by atoms with Crippen LogP contribution in [0.5, 0.6) is 5.75 Å². The second-order valence-electron chi connectivity index (χ2n) is 5.54. The zero-order chi connectivity index (χ0) is 14.7. The van der Waals surface area contributed by atoms with E-state index in [0.717, 1.165) is 31.7 Å². The Labute approximate surface area is 125 Å². The highest BCUT2D eigenvalue weighted by Gasteiger charge is 2.34. The molecule has 1 N–H and O–H groups in total. The Morgan fingerprint density at radius 2 is 2.19 bits per heavy atom. The van der Waals surface area contributed by atoms with E-state index in [1.54, 1.807) is 7.11 Å². The van der Waals surface area contributed by atoms with Gasteiger partial charge in [-0.2, -0.15) is 0 Å². The predicted octanol–water partition coefficient (Wildman–Crippen LogP) is 1.35. The van der Waals surface area contributed by atoms with Crippen LogP contribution in [-0.2, 0) is 9.53 Å². The molecular formula is C16H22N2O3. The maximum atomic E-state index is 12.7. The zero-order valence-electron chi connectivity index (χ0n) is 12.4. The van der Waals surface area contributed by atoms with Gasteiger partial charge in [0, 0.05) is 13.1 Å². The summed E-state index contributed by atoms with van der Waals surface area (Å²) in [5.74, 6) is 1.00. The molecule has 2 fully saturated rings. The van der Waals surface area contributed by atoms with Crippen molar-refractivity contribution in [1.82, 2.24) is 10.2 Å². The minimum Gasteiger partial charge on any atom is -0.497 e. The number of carbonyl (C=O) groups is 1. The summed E-state index contributed by atoms with van der Waals surface area (Å²) in [6.07, 6.45) is 2.07. The van der Waals surface area contributed by atoms with Gasteiger partial charge in [0.1, 0.15) is 11.8 Å². The summed E-state index contributed by atoms with van der Waals surface area (Å²) in [7, 11) is 1.66. The molecule has 2 atom stereocenters. The number of rotatable bonds is 3. The highest BCUT2D eigenvalue weighted by Crippen LogP contribution is 2.33. The first-order valence-corrected chi connectivity index (χ1v) is 7.55. The Morgan fingerprint density at radius 1 is 1.38 bits per heavy atom. The van der Waals surface area contributed by atoms with E-state index in [-0.39, 0.29) is 18.0 Å². The number of hydrogen-bond acceptors (Lipinski definition) is 4. The second kappa shape index (κ2) is 6.45. The number of morpholine rings is 1. The fourth-order valence-electron chi connectivity index (χ4n) is 3.13. The smallest absolute Gasteiger partial charge is 0.242 e. The van der Waals surface area contributed by atoms with E-state index >= 15 is 0 Å². The number of carbonyl (C=O) groups excluding carboxylic acids is 1. The number of nitrogens with one attached hydrogen (secondary N) is 1. The van der Waals surface area contributed by atoms with E-state index < -0.39 is 0 Å². The van der Waals surface area contributed by atoms with Crippen molar-refractivity contribution in [1.29, 1.82) is 0 Å². The van der Waals surface area contributed by atoms with Gasteiger partial charge in [-0.15, -0.1) is 0 Å². The van der Waals surface area contributed by atoms with E-state index in [0.29, 0.717) is 13.2 Å². The molecule has 21 heavy (non-hydrogen) atoms. The molecule has 2 heterocycles. The van der Waals surface area contributed by atoms with Gasteiger partial charge in [-0.1, -0.05) is 12.1 Å².